The minimum Gasteiger partial charge on any atom is -0.453 e. The zero-order valence-electron chi connectivity index (χ0n) is 9.63. The van der Waals surface area contributed by atoms with Crippen molar-refractivity contribution in [2.75, 3.05) is 35.4 Å². The van der Waals surface area contributed by atoms with Crippen LogP contribution >= 0.6 is 0 Å². The molecule has 0 aliphatic heterocycles. The van der Waals surface area contributed by atoms with Gasteiger partial charge in [-0.2, -0.15) is 0 Å². The number of hydrogen-bond acceptors (Lipinski definition) is 4. The van der Waals surface area contributed by atoms with Crippen molar-refractivity contribution in [1.82, 2.24) is 10.6 Å². The fraction of sp³-hybridized carbons (Fsp3) is 0.833. The number of hydrogen-bond donors (Lipinski definition) is 2. The lowest BCUT2D eigenvalue weighted by molar-refractivity contribution is -0.118. The molecule has 0 unspecified atom stereocenters. The summed E-state index contributed by atoms with van der Waals surface area (Å²) in [5.74, 6) is 0.00463. The monoisotopic (exact) mass is 272 g/mol. The zero-order chi connectivity index (χ0) is 12.0. The minimum absolute atomic E-state index is 0. The SMILES string of the molecule is C.C.C.C.CNC(=O)OC.CNC(C)=O.COC. The van der Waals surface area contributed by atoms with E-state index in [0.29, 0.717) is 0 Å². The summed E-state index contributed by atoms with van der Waals surface area (Å²) in [6.45, 7) is 1.47. The predicted molar refractivity (Wildman–Crippen MR) is 81.1 cm³/mol. The maximum Gasteiger partial charge on any atom is 0.406 e. The van der Waals surface area contributed by atoms with Crippen LogP contribution in [0.15, 0.2) is 0 Å². The molecule has 0 spiro atoms. The van der Waals surface area contributed by atoms with Gasteiger partial charge in [-0.1, -0.05) is 29.7 Å². The van der Waals surface area contributed by atoms with Gasteiger partial charge in [0.05, 0.1) is 7.11 Å². The van der Waals surface area contributed by atoms with Crippen LogP contribution in [-0.2, 0) is 14.3 Å². The Morgan fingerprint density at radius 2 is 1.06 bits per heavy atom. The highest BCUT2D eigenvalue weighted by Gasteiger charge is 1.85. The number of carbonyl (C=O) groups is 2. The molecule has 6 heteroatoms. The van der Waals surface area contributed by atoms with Gasteiger partial charge in [0, 0.05) is 35.2 Å². The fourth-order valence-corrected chi connectivity index (χ4v) is 0.102. The topological polar surface area (TPSA) is 76.7 Å². The highest BCUT2D eigenvalue weighted by Crippen LogP contribution is 1.62. The fourth-order valence-electron chi connectivity index (χ4n) is 0.102. The molecule has 6 nitrogen and oxygen atoms in total. The van der Waals surface area contributed by atoms with E-state index < -0.39 is 6.09 Å². The molecule has 0 saturated heterocycles. The van der Waals surface area contributed by atoms with E-state index in [0.717, 1.165) is 0 Å². The lowest BCUT2D eigenvalue weighted by Gasteiger charge is -1.90. The molecule has 0 aromatic rings. The Hall–Kier alpha value is -1.30. The molecule has 0 aliphatic carbocycles. The highest BCUT2D eigenvalue weighted by molar-refractivity contribution is 5.72. The molecule has 0 fully saturated rings. The first kappa shape index (κ1) is 43.7. The van der Waals surface area contributed by atoms with Gasteiger partial charge in [-0.15, -0.1) is 0 Å². The number of methoxy groups -OCH3 is 2. The Morgan fingerprint density at radius 1 is 0.833 bits per heavy atom. The summed E-state index contributed by atoms with van der Waals surface area (Å²) in [7, 11) is 7.67. The molecule has 18 heavy (non-hydrogen) atoms. The van der Waals surface area contributed by atoms with Crippen molar-refractivity contribution in [1.29, 1.82) is 0 Å². The third kappa shape index (κ3) is 125. The highest BCUT2D eigenvalue weighted by atomic mass is 16.5. The Kier molecular flexibility index (Phi) is 109. The van der Waals surface area contributed by atoms with Crippen molar-refractivity contribution in [3.05, 3.63) is 0 Å². The molecule has 0 saturated carbocycles. The first-order valence-electron chi connectivity index (χ1n) is 3.84. The first-order valence-corrected chi connectivity index (χ1v) is 3.84. The zero-order valence-corrected chi connectivity index (χ0v) is 9.63. The van der Waals surface area contributed by atoms with Gasteiger partial charge in [0.1, 0.15) is 0 Å². The molecule has 0 heterocycles. The Labute approximate surface area is 114 Å². The Balaban J connectivity index is -0.0000000189. The largest absolute Gasteiger partial charge is 0.453 e. The van der Waals surface area contributed by atoms with Crippen LogP contribution in [0, 0.1) is 0 Å². The third-order valence-electron chi connectivity index (χ3n) is 0.742. The maximum absolute atomic E-state index is 9.85. The molecule has 0 aromatic heterocycles. The summed E-state index contributed by atoms with van der Waals surface area (Å²) in [4.78, 5) is 19.5. The number of nitrogens with one attached hydrogen (secondary N) is 2. The Bertz CT molecular complexity index is 136. The van der Waals surface area contributed by atoms with Crippen LogP contribution in [-0.4, -0.2) is 47.4 Å². The summed E-state index contributed by atoms with van der Waals surface area (Å²) in [5, 5.41) is 4.64. The van der Waals surface area contributed by atoms with Gasteiger partial charge in [0.15, 0.2) is 0 Å². The number of ether oxygens (including phenoxy) is 2. The molecule has 2 N–H and O–H groups in total. The average Bonchev–Trinajstić information content (AvgIpc) is 2.18. The molecule has 118 valence electrons. The number of rotatable bonds is 0. The third-order valence-corrected chi connectivity index (χ3v) is 0.742. The van der Waals surface area contributed by atoms with Crippen LogP contribution in [0.25, 0.3) is 0 Å². The van der Waals surface area contributed by atoms with Gasteiger partial charge >= 0.3 is 6.09 Å². The van der Waals surface area contributed by atoms with Gasteiger partial charge in [-0.05, 0) is 0 Å². The molecule has 2 amide bonds. The minimum atomic E-state index is -0.407. The molecule has 0 atom stereocenters. The standard InChI is InChI=1S/C3H7NO2.C3H7NO.C2H6O.4CH4/c1-4-3(5)6-2;1-3(5)4-2;1-3-2;;;;/h1-2H3,(H,4,5);1-2H3,(H,4,5);1-2H3;4*1H4. The van der Waals surface area contributed by atoms with Crippen molar-refractivity contribution in [2.24, 2.45) is 0 Å². The maximum atomic E-state index is 9.85. The number of carbonyl (C=O) groups excluding carboxylic acids is 2. The molecule has 0 radical (unpaired) electrons. The van der Waals surface area contributed by atoms with E-state index in [1.165, 1.54) is 21.1 Å². The number of alkyl carbamates (subject to hydrolysis) is 1. The van der Waals surface area contributed by atoms with E-state index in [2.05, 4.69) is 20.1 Å². The summed E-state index contributed by atoms with van der Waals surface area (Å²) >= 11 is 0. The molecule has 0 aromatic carbocycles. The van der Waals surface area contributed by atoms with Crippen molar-refractivity contribution in [3.8, 4) is 0 Å². The van der Waals surface area contributed by atoms with Crippen LogP contribution in [0.4, 0.5) is 4.79 Å². The quantitative estimate of drug-likeness (QED) is 0.710. The summed E-state index contributed by atoms with van der Waals surface area (Å²) in [5.41, 5.74) is 0. The first-order chi connectivity index (χ1) is 6.49. The number of amides is 2. The summed E-state index contributed by atoms with van der Waals surface area (Å²) in [6, 6.07) is 0. The van der Waals surface area contributed by atoms with E-state index in [4.69, 9.17) is 0 Å². The molecule has 0 bridgehead atoms. The smallest absolute Gasteiger partial charge is 0.406 e. The lowest BCUT2D eigenvalue weighted by atomic mass is 10.7. The van der Waals surface area contributed by atoms with E-state index >= 15 is 0 Å². The molecule has 0 aliphatic rings. The predicted octanol–water partition coefficient (Wildman–Crippen LogP) is 2.53. The second-order valence-electron chi connectivity index (χ2n) is 1.96. The average molecular weight is 272 g/mol. The van der Waals surface area contributed by atoms with Gasteiger partial charge in [-0.25, -0.2) is 4.79 Å². The van der Waals surface area contributed by atoms with Crippen LogP contribution in [0.1, 0.15) is 36.6 Å². The van der Waals surface area contributed by atoms with Crippen LogP contribution in [0.2, 0.25) is 0 Å². The van der Waals surface area contributed by atoms with Gasteiger partial charge in [0.25, 0.3) is 0 Å². The molecular formula is C12H36N2O4. The van der Waals surface area contributed by atoms with Crippen molar-refractivity contribution in [3.63, 3.8) is 0 Å². The summed E-state index contributed by atoms with van der Waals surface area (Å²) < 4.78 is 8.40. The van der Waals surface area contributed by atoms with Gasteiger partial charge < -0.3 is 20.1 Å². The second kappa shape index (κ2) is 44.8. The van der Waals surface area contributed by atoms with Crippen LogP contribution in [0.5, 0.6) is 0 Å². The Morgan fingerprint density at radius 3 is 1.06 bits per heavy atom. The van der Waals surface area contributed by atoms with Gasteiger partial charge in [0.2, 0.25) is 5.91 Å². The summed E-state index contributed by atoms with van der Waals surface area (Å²) in [6.07, 6.45) is -0.407. The van der Waals surface area contributed by atoms with Crippen molar-refractivity contribution < 1.29 is 19.1 Å². The lowest BCUT2D eigenvalue weighted by Crippen LogP contribution is -2.16. The van der Waals surface area contributed by atoms with Crippen LogP contribution in [0.3, 0.4) is 0 Å². The van der Waals surface area contributed by atoms with Gasteiger partial charge in [-0.3, -0.25) is 4.79 Å². The van der Waals surface area contributed by atoms with Crippen LogP contribution < -0.4 is 10.6 Å². The van der Waals surface area contributed by atoms with E-state index in [-0.39, 0.29) is 35.6 Å². The molecule has 0 rings (SSSR count). The second-order valence-corrected chi connectivity index (χ2v) is 1.96. The molecular weight excluding hydrogens is 236 g/mol. The normalized spacial score (nSPS) is 5.22. The van der Waals surface area contributed by atoms with E-state index in [1.807, 2.05) is 0 Å². The van der Waals surface area contributed by atoms with E-state index in [1.54, 1.807) is 21.3 Å². The van der Waals surface area contributed by atoms with Crippen molar-refractivity contribution in [2.45, 2.75) is 36.6 Å². The van der Waals surface area contributed by atoms with Crippen molar-refractivity contribution >= 4 is 12.0 Å². The van der Waals surface area contributed by atoms with E-state index in [9.17, 15) is 9.59 Å².